The maximum Gasteiger partial charge on any atom is 0.286 e. The topological polar surface area (TPSA) is 110 Å². The number of aryl methyl sites for hydroxylation is 3. The number of amides is 2. The number of nitrogens with zero attached hydrogens (tertiary/aromatic N) is 3. The average molecular weight is 737 g/mol. The summed E-state index contributed by atoms with van der Waals surface area (Å²) in [6.07, 6.45) is 11.0. The van der Waals surface area contributed by atoms with E-state index in [1.165, 1.54) is 22.5 Å². The summed E-state index contributed by atoms with van der Waals surface area (Å²) >= 11 is 7.97. The second-order valence-electron chi connectivity index (χ2n) is 14.2. The zero-order valence-electron chi connectivity index (χ0n) is 28.7. The van der Waals surface area contributed by atoms with Crippen LogP contribution in [-0.2, 0) is 37.7 Å². The summed E-state index contributed by atoms with van der Waals surface area (Å²) in [7, 11) is -1.64. The Balaban J connectivity index is 1.24. The number of nitrogens with one attached hydrogen (secondary N) is 1. The molecule has 1 fully saturated rings. The van der Waals surface area contributed by atoms with Crippen molar-refractivity contribution in [2.75, 3.05) is 37.5 Å². The van der Waals surface area contributed by atoms with Gasteiger partial charge in [-0.2, -0.15) is 0 Å². The molecule has 2 amide bonds. The monoisotopic (exact) mass is 736 g/mol. The number of halogens is 1. The first-order chi connectivity index (χ1) is 24.1. The molecule has 5 atom stereocenters. The molecule has 2 aromatic carbocycles. The molecule has 1 spiro atoms. The van der Waals surface area contributed by atoms with E-state index in [-0.39, 0.29) is 23.7 Å². The van der Waals surface area contributed by atoms with Crippen molar-refractivity contribution in [3.63, 3.8) is 0 Å². The molecule has 9 nitrogen and oxygen atoms in total. The Kier molecular flexibility index (Phi) is 10.4. The number of aromatic nitrogens is 1. The number of hydrogen-bond donors (Lipinski definition) is 1. The van der Waals surface area contributed by atoms with Crippen LogP contribution in [0.5, 0.6) is 5.75 Å². The van der Waals surface area contributed by atoms with Gasteiger partial charge in [0, 0.05) is 47.5 Å². The highest BCUT2D eigenvalue weighted by Crippen LogP contribution is 2.47. The highest BCUT2D eigenvalue weighted by molar-refractivity contribution is 7.92. The lowest BCUT2D eigenvalue weighted by atomic mass is 9.68. The second kappa shape index (κ2) is 14.8. The van der Waals surface area contributed by atoms with E-state index < -0.39 is 21.7 Å². The lowest BCUT2D eigenvalue weighted by molar-refractivity contribution is -0.119. The van der Waals surface area contributed by atoms with Gasteiger partial charge in [-0.1, -0.05) is 29.8 Å². The molecule has 266 valence electrons. The molecule has 3 aromatic rings. The van der Waals surface area contributed by atoms with E-state index in [2.05, 4.69) is 43.3 Å². The predicted octanol–water partition coefficient (Wildman–Crippen LogP) is 7.24. The molecule has 12 heteroatoms. The highest BCUT2D eigenvalue weighted by Gasteiger charge is 2.44. The summed E-state index contributed by atoms with van der Waals surface area (Å²) in [5.74, 6) is 0.495. The summed E-state index contributed by atoms with van der Waals surface area (Å²) in [5, 5.41) is 0.744. The van der Waals surface area contributed by atoms with Gasteiger partial charge in [-0.15, -0.1) is 15.7 Å². The van der Waals surface area contributed by atoms with Crippen LogP contribution in [0.4, 0.5) is 5.69 Å². The van der Waals surface area contributed by atoms with Crippen molar-refractivity contribution in [1.29, 1.82) is 0 Å². The number of ether oxygens (including phenoxy) is 2. The third kappa shape index (κ3) is 7.38. The van der Waals surface area contributed by atoms with Gasteiger partial charge in [0.15, 0.2) is 0 Å². The van der Waals surface area contributed by atoms with Gasteiger partial charge in [0.2, 0.25) is 5.91 Å². The minimum Gasteiger partial charge on any atom is -0.490 e. The van der Waals surface area contributed by atoms with Gasteiger partial charge in [0.05, 0.1) is 35.4 Å². The standard InChI is InChI=1S/C38H45ClN4O5S2/c1-25-32(40-24-49-25)14-16-36(44)41-50(46)18-5-3-4-8-34(47-2)30-12-9-28(30)21-43-22-38(17-6-7-26-19-29(39)11-13-31(26)38)23-48-35-15-10-27(20-33(35)43)37(45)42-50/h4,8,10-11,13,15,19-20,24,28,30,34H,3,5-7,9,12,14,16-18,21-23H2,1-2H3,(H,41,42,44,45,46)/b8-4-/t28-,30+,34-,38-,50?/m0/s1. The third-order valence-corrected chi connectivity index (χ3v) is 13.8. The van der Waals surface area contributed by atoms with Crippen LogP contribution >= 0.6 is 22.9 Å². The quantitative estimate of drug-likeness (QED) is 0.275. The van der Waals surface area contributed by atoms with Crippen LogP contribution in [0.15, 0.2) is 58.4 Å². The van der Waals surface area contributed by atoms with Crippen molar-refractivity contribution < 1.29 is 23.3 Å². The fourth-order valence-corrected chi connectivity index (χ4v) is 10.6. The van der Waals surface area contributed by atoms with Gasteiger partial charge in [-0.05, 0) is 112 Å². The smallest absolute Gasteiger partial charge is 0.286 e. The van der Waals surface area contributed by atoms with Crippen LogP contribution in [0.3, 0.4) is 0 Å². The Labute approximate surface area is 304 Å². The number of carbonyl (C=O) groups is 2. The number of fused-ring (bicyclic) bond motifs is 4. The molecule has 1 aromatic heterocycles. The maximum absolute atomic E-state index is 14.3. The molecule has 0 saturated heterocycles. The van der Waals surface area contributed by atoms with Gasteiger partial charge in [0.1, 0.15) is 15.7 Å². The largest absolute Gasteiger partial charge is 0.490 e. The van der Waals surface area contributed by atoms with E-state index in [1.54, 1.807) is 18.7 Å². The van der Waals surface area contributed by atoms with Crippen molar-refractivity contribution in [1.82, 2.24) is 9.71 Å². The first-order valence-electron chi connectivity index (χ1n) is 17.6. The molecule has 50 heavy (non-hydrogen) atoms. The Morgan fingerprint density at radius 2 is 2.10 bits per heavy atom. The SMILES string of the molecule is CO[C@H]1/C=C\CCCS(=O)(NC(=O)CCc2ncsc2C)=NC(=O)c2ccc3c(c2)N(C[C@@H]2CC[C@H]21)C[C@@]1(CCCc2cc(Cl)ccc21)CO3. The molecule has 2 aliphatic heterocycles. The number of benzene rings is 2. The Morgan fingerprint density at radius 3 is 2.88 bits per heavy atom. The summed E-state index contributed by atoms with van der Waals surface area (Å²) in [6.45, 7) is 4.00. The molecule has 3 heterocycles. The molecule has 0 radical (unpaired) electrons. The van der Waals surface area contributed by atoms with E-state index in [0.29, 0.717) is 49.0 Å². The number of hydrogen-bond acceptors (Lipinski definition) is 8. The lowest BCUT2D eigenvalue weighted by Crippen LogP contribution is -2.49. The number of carbonyl (C=O) groups excluding carboxylic acids is 2. The third-order valence-electron chi connectivity index (χ3n) is 11.0. The molecular weight excluding hydrogens is 692 g/mol. The predicted molar refractivity (Wildman–Crippen MR) is 199 cm³/mol. The molecular formula is C38H45ClN4O5S2. The van der Waals surface area contributed by atoms with Crippen LogP contribution in [0, 0.1) is 18.8 Å². The normalized spacial score (nSPS) is 28.7. The van der Waals surface area contributed by atoms with Gasteiger partial charge in [-0.25, -0.2) is 9.19 Å². The zero-order valence-corrected chi connectivity index (χ0v) is 31.1. The van der Waals surface area contributed by atoms with Crippen molar-refractivity contribution in [2.45, 2.75) is 76.2 Å². The molecule has 4 aliphatic rings. The van der Waals surface area contributed by atoms with E-state index >= 15 is 0 Å². The van der Waals surface area contributed by atoms with Crippen LogP contribution < -0.4 is 14.4 Å². The average Bonchev–Trinajstić information content (AvgIpc) is 3.43. The highest BCUT2D eigenvalue weighted by atomic mass is 35.5. The first kappa shape index (κ1) is 35.2. The lowest BCUT2D eigenvalue weighted by Gasteiger charge is -2.46. The fourth-order valence-electron chi connectivity index (χ4n) is 8.14. The number of allylic oxidation sites excluding steroid dienone is 1. The van der Waals surface area contributed by atoms with Crippen molar-refractivity contribution in [3.05, 3.63) is 86.3 Å². The van der Waals surface area contributed by atoms with Crippen LogP contribution in [0.1, 0.15) is 77.0 Å². The van der Waals surface area contributed by atoms with Crippen molar-refractivity contribution in [3.8, 4) is 5.75 Å². The zero-order chi connectivity index (χ0) is 34.9. The van der Waals surface area contributed by atoms with E-state index in [9.17, 15) is 13.8 Å². The number of methoxy groups -OCH3 is 1. The molecule has 1 unspecified atom stereocenters. The van der Waals surface area contributed by atoms with Crippen LogP contribution in [-0.4, -0.2) is 59.7 Å². The van der Waals surface area contributed by atoms with E-state index in [1.807, 2.05) is 25.1 Å². The minimum absolute atomic E-state index is 0.0355. The Hall–Kier alpha value is -3.25. The maximum atomic E-state index is 14.3. The molecule has 2 bridgehead atoms. The summed E-state index contributed by atoms with van der Waals surface area (Å²) in [5.41, 5.74) is 6.05. The van der Waals surface area contributed by atoms with Crippen molar-refractivity contribution in [2.24, 2.45) is 16.2 Å². The molecule has 7 rings (SSSR count). The van der Waals surface area contributed by atoms with Crippen molar-refractivity contribution >= 4 is 50.4 Å². The first-order valence-corrected chi connectivity index (χ1v) is 20.6. The van der Waals surface area contributed by atoms with Crippen LogP contribution in [0.2, 0.25) is 5.02 Å². The summed E-state index contributed by atoms with van der Waals surface area (Å²) in [4.78, 5) is 34.7. The number of rotatable bonds is 5. The molecule has 2 aliphatic carbocycles. The van der Waals surface area contributed by atoms with E-state index in [0.717, 1.165) is 66.5 Å². The van der Waals surface area contributed by atoms with E-state index in [4.69, 9.17) is 21.1 Å². The Bertz CT molecular complexity index is 1920. The fraction of sp³-hybridized carbons (Fsp3) is 0.500. The summed E-state index contributed by atoms with van der Waals surface area (Å²) in [6, 6.07) is 11.6. The van der Waals surface area contributed by atoms with Gasteiger partial charge in [-0.3, -0.25) is 14.3 Å². The number of anilines is 1. The van der Waals surface area contributed by atoms with Gasteiger partial charge < -0.3 is 14.4 Å². The molecule has 1 saturated carbocycles. The Morgan fingerprint density at radius 1 is 1.22 bits per heavy atom. The van der Waals surface area contributed by atoms with Crippen LogP contribution in [0.25, 0.3) is 0 Å². The number of thiazole rings is 1. The second-order valence-corrected chi connectivity index (χ2v) is 17.8. The molecule has 1 N–H and O–H groups in total. The van der Waals surface area contributed by atoms with Gasteiger partial charge in [0.25, 0.3) is 5.91 Å². The minimum atomic E-state index is -3.41. The van der Waals surface area contributed by atoms with Gasteiger partial charge >= 0.3 is 0 Å². The summed E-state index contributed by atoms with van der Waals surface area (Å²) < 4.78 is 33.8.